The Labute approximate surface area is 143 Å². The van der Waals surface area contributed by atoms with E-state index in [1.54, 1.807) is 4.90 Å². The first kappa shape index (κ1) is 16.1. The van der Waals surface area contributed by atoms with Crippen molar-refractivity contribution in [3.05, 3.63) is 41.5 Å². The molecule has 8 nitrogen and oxygen atoms in total. The molecule has 4 heterocycles. The summed E-state index contributed by atoms with van der Waals surface area (Å²) in [6.07, 6.45) is 1.32. The summed E-state index contributed by atoms with van der Waals surface area (Å²) in [4.78, 5) is 20.1. The van der Waals surface area contributed by atoms with Crippen molar-refractivity contribution in [2.24, 2.45) is 0 Å². The Hall–Kier alpha value is -2.39. The Kier molecular flexibility index (Phi) is 3.97. The van der Waals surface area contributed by atoms with Gasteiger partial charge < -0.3 is 14.6 Å². The van der Waals surface area contributed by atoms with Crippen LogP contribution in [-0.4, -0.2) is 66.8 Å². The third-order valence-electron chi connectivity index (χ3n) is 4.84. The van der Waals surface area contributed by atoms with Gasteiger partial charge in [0.15, 0.2) is 11.6 Å². The highest BCUT2D eigenvalue weighted by Gasteiger charge is 2.35. The molecule has 1 fully saturated rings. The molecule has 132 valence electrons. The molecule has 0 aliphatic carbocycles. The molecule has 0 saturated carbocycles. The number of carbonyl (C=O) groups excluding carboxylic acids is 1. The smallest absolute Gasteiger partial charge is 0.272 e. The van der Waals surface area contributed by atoms with Crippen molar-refractivity contribution in [1.82, 2.24) is 29.5 Å². The largest absolute Gasteiger partial charge is 0.392 e. The van der Waals surface area contributed by atoms with E-state index < -0.39 is 5.82 Å². The van der Waals surface area contributed by atoms with Crippen LogP contribution < -0.4 is 0 Å². The van der Waals surface area contributed by atoms with Gasteiger partial charge in [-0.3, -0.25) is 9.69 Å². The van der Waals surface area contributed by atoms with E-state index in [2.05, 4.69) is 20.1 Å². The quantitative estimate of drug-likeness (QED) is 0.836. The first-order chi connectivity index (χ1) is 12.0. The molecule has 0 radical (unpaired) electrons. The number of hydrogen-bond acceptors (Lipinski definition) is 6. The summed E-state index contributed by atoms with van der Waals surface area (Å²) in [6.45, 7) is 2.05. The summed E-state index contributed by atoms with van der Waals surface area (Å²) in [5.74, 6) is 0.833. The summed E-state index contributed by atoms with van der Waals surface area (Å²) in [6, 6.07) is 2.65. The molecule has 0 aromatic carbocycles. The monoisotopic (exact) mass is 346 g/mol. The van der Waals surface area contributed by atoms with Crippen molar-refractivity contribution >= 4 is 5.91 Å². The Bertz CT molecular complexity index is 792. The second-order valence-corrected chi connectivity index (χ2v) is 6.56. The third-order valence-corrected chi connectivity index (χ3v) is 4.84. The Balaban J connectivity index is 1.53. The van der Waals surface area contributed by atoms with Gasteiger partial charge in [0.1, 0.15) is 11.5 Å². The number of aromatic nitrogens is 4. The van der Waals surface area contributed by atoms with E-state index in [1.165, 1.54) is 12.1 Å². The molecule has 0 bridgehead atoms. The van der Waals surface area contributed by atoms with Gasteiger partial charge in [0.25, 0.3) is 5.91 Å². The number of pyridine rings is 1. The number of hydrogen-bond donors (Lipinski definition) is 1. The summed E-state index contributed by atoms with van der Waals surface area (Å²) in [7, 11) is 1.96. The molecule has 2 aromatic rings. The number of likely N-dealkylation sites (N-methyl/N-ethyl adjacent to an activating group) is 1. The summed E-state index contributed by atoms with van der Waals surface area (Å²) >= 11 is 0. The summed E-state index contributed by atoms with van der Waals surface area (Å²) in [5.41, 5.74) is 0.216. The number of amides is 1. The number of aliphatic hydroxyl groups is 1. The van der Waals surface area contributed by atoms with Crippen molar-refractivity contribution in [3.63, 3.8) is 0 Å². The predicted octanol–water partition coefficient (Wildman–Crippen LogP) is 0.206. The molecule has 1 N–H and O–H groups in total. The maximum absolute atomic E-state index is 13.0. The van der Waals surface area contributed by atoms with Gasteiger partial charge in [-0.25, -0.2) is 9.37 Å². The number of halogens is 1. The lowest BCUT2D eigenvalue weighted by Gasteiger charge is -2.29. The third kappa shape index (κ3) is 2.89. The second kappa shape index (κ2) is 6.16. The van der Waals surface area contributed by atoms with E-state index in [0.29, 0.717) is 38.4 Å². The van der Waals surface area contributed by atoms with Crippen LogP contribution in [0.15, 0.2) is 18.3 Å². The SMILES string of the molecule is CN1C[C@H](O)C[C@H]1c1nnc2n1CCN(C(=O)c1ccc(F)cn1)C2. The van der Waals surface area contributed by atoms with Gasteiger partial charge in [-0.1, -0.05) is 0 Å². The van der Waals surface area contributed by atoms with Gasteiger partial charge in [-0.15, -0.1) is 10.2 Å². The maximum atomic E-state index is 13.0. The lowest BCUT2D eigenvalue weighted by atomic mass is 10.2. The van der Waals surface area contributed by atoms with Gasteiger partial charge in [-0.05, 0) is 25.6 Å². The average molecular weight is 346 g/mol. The van der Waals surface area contributed by atoms with Crippen LogP contribution in [0.25, 0.3) is 0 Å². The van der Waals surface area contributed by atoms with Crippen molar-refractivity contribution in [1.29, 1.82) is 0 Å². The fraction of sp³-hybridized carbons (Fsp3) is 0.500. The second-order valence-electron chi connectivity index (χ2n) is 6.56. The highest BCUT2D eigenvalue weighted by atomic mass is 19.1. The molecule has 2 aliphatic rings. The lowest BCUT2D eigenvalue weighted by Crippen LogP contribution is -2.39. The van der Waals surface area contributed by atoms with Crippen LogP contribution in [-0.2, 0) is 13.1 Å². The van der Waals surface area contributed by atoms with Crippen molar-refractivity contribution in [2.45, 2.75) is 31.7 Å². The zero-order valence-electron chi connectivity index (χ0n) is 13.8. The number of carbonyl (C=O) groups is 1. The van der Waals surface area contributed by atoms with Crippen molar-refractivity contribution < 1.29 is 14.3 Å². The molecule has 9 heteroatoms. The average Bonchev–Trinajstić information content (AvgIpc) is 3.16. The number of likely N-dealkylation sites (tertiary alicyclic amines) is 1. The van der Waals surface area contributed by atoms with E-state index in [9.17, 15) is 14.3 Å². The highest BCUT2D eigenvalue weighted by Crippen LogP contribution is 2.30. The number of β-amino-alcohol motifs (C(OH)–C–C–N with tert-alkyl or cyclic N) is 1. The van der Waals surface area contributed by atoms with Crippen LogP contribution in [0.4, 0.5) is 4.39 Å². The maximum Gasteiger partial charge on any atom is 0.272 e. The Morgan fingerprint density at radius 1 is 1.32 bits per heavy atom. The van der Waals surface area contributed by atoms with Crippen molar-refractivity contribution in [2.75, 3.05) is 20.1 Å². The molecule has 2 aliphatic heterocycles. The van der Waals surface area contributed by atoms with Crippen LogP contribution in [0.3, 0.4) is 0 Å². The minimum atomic E-state index is -0.470. The molecule has 25 heavy (non-hydrogen) atoms. The predicted molar refractivity (Wildman–Crippen MR) is 85.0 cm³/mol. The first-order valence-electron chi connectivity index (χ1n) is 8.24. The Morgan fingerprint density at radius 2 is 2.16 bits per heavy atom. The molecule has 0 unspecified atom stereocenters. The molecule has 1 amide bonds. The van der Waals surface area contributed by atoms with E-state index >= 15 is 0 Å². The van der Waals surface area contributed by atoms with Crippen LogP contribution in [0.5, 0.6) is 0 Å². The van der Waals surface area contributed by atoms with Crippen molar-refractivity contribution in [3.8, 4) is 0 Å². The normalized spacial score (nSPS) is 23.7. The van der Waals surface area contributed by atoms with Crippen LogP contribution in [0.2, 0.25) is 0 Å². The molecule has 4 rings (SSSR count). The van der Waals surface area contributed by atoms with Gasteiger partial charge >= 0.3 is 0 Å². The highest BCUT2D eigenvalue weighted by molar-refractivity contribution is 5.92. The summed E-state index contributed by atoms with van der Waals surface area (Å²) in [5, 5.41) is 18.4. The fourth-order valence-electron chi connectivity index (χ4n) is 3.54. The molecule has 1 saturated heterocycles. The van der Waals surface area contributed by atoms with Gasteiger partial charge in [-0.2, -0.15) is 0 Å². The summed E-state index contributed by atoms with van der Waals surface area (Å²) < 4.78 is 15.0. The number of nitrogens with zero attached hydrogens (tertiary/aromatic N) is 6. The number of fused-ring (bicyclic) bond motifs is 1. The first-order valence-corrected chi connectivity index (χ1v) is 8.24. The zero-order chi connectivity index (χ0) is 17.6. The molecule has 2 aromatic heterocycles. The fourth-order valence-corrected chi connectivity index (χ4v) is 3.54. The van der Waals surface area contributed by atoms with Crippen LogP contribution in [0.1, 0.15) is 34.6 Å². The molecule has 2 atom stereocenters. The minimum absolute atomic E-state index is 0.0391. The van der Waals surface area contributed by atoms with E-state index in [4.69, 9.17) is 0 Å². The van der Waals surface area contributed by atoms with Gasteiger partial charge in [0, 0.05) is 19.6 Å². The standard InChI is InChI=1S/C16H19FN6O2/c1-21-8-11(24)6-13(21)15-20-19-14-9-22(4-5-23(14)15)16(25)12-3-2-10(17)7-18-12/h2-3,7,11,13,24H,4-6,8-9H2,1H3/t11-,13+/m1/s1. The minimum Gasteiger partial charge on any atom is -0.392 e. The van der Waals surface area contributed by atoms with Crippen LogP contribution in [0, 0.1) is 5.82 Å². The van der Waals surface area contributed by atoms with Crippen LogP contribution >= 0.6 is 0 Å². The Morgan fingerprint density at radius 3 is 2.84 bits per heavy atom. The number of rotatable bonds is 2. The van der Waals surface area contributed by atoms with Gasteiger partial charge in [0.05, 0.1) is 24.9 Å². The van der Waals surface area contributed by atoms with E-state index in [1.807, 2.05) is 11.6 Å². The molecule has 0 spiro atoms. The number of aliphatic hydroxyl groups excluding tert-OH is 1. The molecular weight excluding hydrogens is 327 g/mol. The molecular formula is C16H19FN6O2. The zero-order valence-corrected chi connectivity index (χ0v) is 13.8. The van der Waals surface area contributed by atoms with E-state index in [-0.39, 0.29) is 23.7 Å². The van der Waals surface area contributed by atoms with Gasteiger partial charge in [0.2, 0.25) is 0 Å². The topological polar surface area (TPSA) is 87.4 Å². The van der Waals surface area contributed by atoms with E-state index in [0.717, 1.165) is 12.0 Å². The lowest BCUT2D eigenvalue weighted by molar-refractivity contribution is 0.0699.